The van der Waals surface area contributed by atoms with Gasteiger partial charge in [0, 0.05) is 0 Å². The lowest BCUT2D eigenvalue weighted by Gasteiger charge is -1.75. The van der Waals surface area contributed by atoms with Crippen molar-refractivity contribution in [2.45, 2.75) is 0 Å². The van der Waals surface area contributed by atoms with Crippen molar-refractivity contribution in [2.75, 3.05) is 0 Å². The molecule has 9 heavy (non-hydrogen) atoms. The molecule has 0 aliphatic heterocycles. The second-order valence-electron chi connectivity index (χ2n) is 1.39. The van der Waals surface area contributed by atoms with Gasteiger partial charge in [0.05, 0.1) is 0 Å². The van der Waals surface area contributed by atoms with Gasteiger partial charge in [0.25, 0.3) is 5.56 Å². The third-order valence-corrected chi connectivity index (χ3v) is 0.803. The van der Waals surface area contributed by atoms with Gasteiger partial charge in [0.1, 0.15) is 6.26 Å². The van der Waals surface area contributed by atoms with Gasteiger partial charge in [-0.25, -0.2) is 4.79 Å². The summed E-state index contributed by atoms with van der Waals surface area (Å²) in [6.07, 6.45) is 0.852. The van der Waals surface area contributed by atoms with E-state index in [1.165, 1.54) is 0 Å². The summed E-state index contributed by atoms with van der Waals surface area (Å²) in [6, 6.07) is 0. The molecule has 0 unspecified atom stereocenters. The van der Waals surface area contributed by atoms with Gasteiger partial charge in [-0.1, -0.05) is 0 Å². The Balaban J connectivity index is 3.24. The van der Waals surface area contributed by atoms with Gasteiger partial charge in [-0.2, -0.15) is 5.16 Å². The van der Waals surface area contributed by atoms with Crippen LogP contribution in [0.25, 0.3) is 0 Å². The van der Waals surface area contributed by atoms with Crippen LogP contribution in [-0.2, 0) is 0 Å². The van der Waals surface area contributed by atoms with E-state index in [0.717, 1.165) is 6.26 Å². The first-order valence-corrected chi connectivity index (χ1v) is 2.11. The molecule has 0 saturated heterocycles. The monoisotopic (exact) mass is 129 g/mol. The molecule has 1 heterocycles. The van der Waals surface area contributed by atoms with Crippen molar-refractivity contribution in [1.82, 2.24) is 5.16 Å². The summed E-state index contributed by atoms with van der Waals surface area (Å²) in [6.45, 7) is 0. The molecule has 0 radical (unpaired) electrons. The Morgan fingerprint density at radius 1 is 1.78 bits per heavy atom. The summed E-state index contributed by atoms with van der Waals surface area (Å²) in [7, 11) is 0. The Labute approximate surface area is 48.9 Å². The second kappa shape index (κ2) is 1.77. The first kappa shape index (κ1) is 5.61. The molecule has 1 aromatic rings. The first-order valence-electron chi connectivity index (χ1n) is 2.11. The van der Waals surface area contributed by atoms with Gasteiger partial charge in [-0.05, 0) is 0 Å². The number of aromatic nitrogens is 1. The molecule has 48 valence electrons. The van der Waals surface area contributed by atoms with E-state index in [2.05, 4.69) is 4.52 Å². The van der Waals surface area contributed by atoms with Crippen LogP contribution in [0.3, 0.4) is 0 Å². The largest absolute Gasteiger partial charge is 0.477 e. The summed E-state index contributed by atoms with van der Waals surface area (Å²) in [5, 5.41) is 10.0. The predicted molar refractivity (Wildman–Crippen MR) is 26.3 cm³/mol. The van der Waals surface area contributed by atoms with Gasteiger partial charge in [-0.3, -0.25) is 4.79 Å². The minimum atomic E-state index is -1.29. The maximum absolute atomic E-state index is 10.3. The molecule has 0 aromatic carbocycles. The molecule has 0 atom stereocenters. The Morgan fingerprint density at radius 3 is 2.67 bits per heavy atom. The third-order valence-electron chi connectivity index (χ3n) is 0.803. The number of nitrogens with one attached hydrogen (secondary N) is 1. The maximum Gasteiger partial charge on any atom is 0.344 e. The van der Waals surface area contributed by atoms with Crippen LogP contribution in [0.5, 0.6) is 0 Å². The van der Waals surface area contributed by atoms with Crippen molar-refractivity contribution >= 4 is 5.97 Å². The summed E-state index contributed by atoms with van der Waals surface area (Å²) in [5.41, 5.74) is -1.10. The van der Waals surface area contributed by atoms with Crippen LogP contribution >= 0.6 is 0 Å². The molecule has 0 bridgehead atoms. The van der Waals surface area contributed by atoms with E-state index in [-0.39, 0.29) is 5.56 Å². The summed E-state index contributed by atoms with van der Waals surface area (Å²) in [5.74, 6) is -1.29. The first-order chi connectivity index (χ1) is 4.22. The fourth-order valence-electron chi connectivity index (χ4n) is 0.398. The lowest BCUT2D eigenvalue weighted by atomic mass is 10.4. The van der Waals surface area contributed by atoms with Crippen LogP contribution in [0.4, 0.5) is 0 Å². The van der Waals surface area contributed by atoms with Crippen LogP contribution in [-0.4, -0.2) is 16.2 Å². The van der Waals surface area contributed by atoms with E-state index in [1.807, 2.05) is 5.16 Å². The van der Waals surface area contributed by atoms with Crippen molar-refractivity contribution < 1.29 is 14.4 Å². The van der Waals surface area contributed by atoms with Gasteiger partial charge < -0.3 is 9.63 Å². The maximum atomic E-state index is 10.3. The van der Waals surface area contributed by atoms with E-state index < -0.39 is 11.5 Å². The van der Waals surface area contributed by atoms with Crippen molar-refractivity contribution in [1.29, 1.82) is 0 Å². The van der Waals surface area contributed by atoms with Crippen molar-refractivity contribution in [2.24, 2.45) is 0 Å². The van der Waals surface area contributed by atoms with Gasteiger partial charge in [0.2, 0.25) is 0 Å². The Morgan fingerprint density at radius 2 is 2.44 bits per heavy atom. The number of rotatable bonds is 1. The number of H-pyrrole nitrogens is 1. The minimum absolute atomic E-state index is 0.380. The van der Waals surface area contributed by atoms with Crippen molar-refractivity contribution in [3.8, 4) is 0 Å². The lowest BCUT2D eigenvalue weighted by Crippen LogP contribution is -2.10. The molecule has 1 rings (SSSR count). The van der Waals surface area contributed by atoms with Gasteiger partial charge in [0.15, 0.2) is 5.56 Å². The number of carbonyl (C=O) groups is 1. The fraction of sp³-hybridized carbons (Fsp3) is 0. The average molecular weight is 129 g/mol. The smallest absolute Gasteiger partial charge is 0.344 e. The summed E-state index contributed by atoms with van der Waals surface area (Å²) >= 11 is 0. The van der Waals surface area contributed by atoms with Crippen molar-refractivity contribution in [3.05, 3.63) is 22.2 Å². The Kier molecular flexibility index (Phi) is 1.11. The van der Waals surface area contributed by atoms with E-state index in [1.54, 1.807) is 0 Å². The minimum Gasteiger partial charge on any atom is -0.477 e. The van der Waals surface area contributed by atoms with Crippen molar-refractivity contribution in [3.63, 3.8) is 0 Å². The zero-order chi connectivity index (χ0) is 6.85. The average Bonchev–Trinajstić information content (AvgIpc) is 2.13. The molecule has 0 saturated carbocycles. The summed E-state index contributed by atoms with van der Waals surface area (Å²) < 4.78 is 4.19. The molecule has 5 heteroatoms. The molecule has 0 spiro atoms. The van der Waals surface area contributed by atoms with E-state index >= 15 is 0 Å². The highest BCUT2D eigenvalue weighted by Gasteiger charge is 2.08. The molecule has 0 amide bonds. The molecule has 2 N–H and O–H groups in total. The number of carboxylic acid groups (broad SMARTS) is 1. The molecule has 1 aromatic heterocycles. The zero-order valence-electron chi connectivity index (χ0n) is 4.25. The number of aromatic carboxylic acids is 1. The molecule has 0 fully saturated rings. The molecular weight excluding hydrogens is 126 g/mol. The Bertz CT molecular complexity index is 270. The normalized spacial score (nSPS) is 9.33. The molecule has 0 aliphatic rings. The molecular formula is C4H3NO4. The van der Waals surface area contributed by atoms with E-state index in [4.69, 9.17) is 5.11 Å². The fourth-order valence-corrected chi connectivity index (χ4v) is 0.398. The highest BCUT2D eigenvalue weighted by atomic mass is 16.5. The number of aromatic amines is 1. The Hall–Kier alpha value is -1.52. The third kappa shape index (κ3) is 0.835. The SMILES string of the molecule is O=C(O)c1co[nH]c1=O. The lowest BCUT2D eigenvalue weighted by molar-refractivity contribution is 0.0695. The number of hydrogen-bond donors (Lipinski definition) is 2. The van der Waals surface area contributed by atoms with Crippen LogP contribution in [0.1, 0.15) is 10.4 Å². The van der Waals surface area contributed by atoms with Crippen LogP contribution in [0.2, 0.25) is 0 Å². The van der Waals surface area contributed by atoms with Crippen LogP contribution < -0.4 is 5.56 Å². The second-order valence-corrected chi connectivity index (χ2v) is 1.39. The number of carboxylic acids is 1. The number of hydrogen-bond acceptors (Lipinski definition) is 3. The van der Waals surface area contributed by atoms with E-state index in [9.17, 15) is 9.59 Å². The topological polar surface area (TPSA) is 83.3 Å². The predicted octanol–water partition coefficient (Wildman–Crippen LogP) is -0.334. The quantitative estimate of drug-likeness (QED) is 0.543. The zero-order valence-corrected chi connectivity index (χ0v) is 4.25. The van der Waals surface area contributed by atoms with Crippen LogP contribution in [0, 0.1) is 0 Å². The van der Waals surface area contributed by atoms with Gasteiger partial charge in [-0.15, -0.1) is 0 Å². The molecule has 5 nitrogen and oxygen atoms in total. The summed E-state index contributed by atoms with van der Waals surface area (Å²) in [4.78, 5) is 20.3. The van der Waals surface area contributed by atoms with Crippen LogP contribution in [0.15, 0.2) is 15.6 Å². The standard InChI is InChI=1S/C4H3NO4/c6-3-2(4(7)8)1-9-5-3/h1H,(H,5,6)(H,7,8). The molecule has 0 aliphatic carbocycles. The highest BCUT2D eigenvalue weighted by Crippen LogP contribution is 1.86. The highest BCUT2D eigenvalue weighted by molar-refractivity contribution is 5.86. The van der Waals surface area contributed by atoms with E-state index in [0.29, 0.717) is 0 Å². The van der Waals surface area contributed by atoms with Gasteiger partial charge >= 0.3 is 5.97 Å².